The molecule has 1 radical (unpaired) electrons. The highest BCUT2D eigenvalue weighted by molar-refractivity contribution is 6.32. The molecule has 3 heteroatoms. The minimum atomic E-state index is -0.468. The largest absolute Gasteiger partial charge is 0.492 e. The van der Waals surface area contributed by atoms with Crippen LogP contribution >= 0.6 is 11.6 Å². The first kappa shape index (κ1) is 8.34. The maximum atomic E-state index is 12.8. The number of methoxy groups -OCH3 is 1. The van der Waals surface area contributed by atoms with Gasteiger partial charge in [-0.2, -0.15) is 0 Å². The molecular weight excluding hydrogens is 167 g/mol. The van der Waals surface area contributed by atoms with E-state index in [1.807, 2.05) is 0 Å². The van der Waals surface area contributed by atoms with Crippen molar-refractivity contribution in [3.05, 3.63) is 35.5 Å². The van der Waals surface area contributed by atoms with Gasteiger partial charge < -0.3 is 4.74 Å². The molecule has 0 N–H and O–H groups in total. The maximum Gasteiger partial charge on any atom is 0.173 e. The van der Waals surface area contributed by atoms with Gasteiger partial charge in [-0.1, -0.05) is 17.7 Å². The zero-order valence-electron chi connectivity index (χ0n) is 6.03. The van der Waals surface area contributed by atoms with Crippen LogP contribution in [0.2, 0.25) is 5.02 Å². The van der Waals surface area contributed by atoms with Gasteiger partial charge in [0.15, 0.2) is 11.6 Å². The summed E-state index contributed by atoms with van der Waals surface area (Å²) in [7, 11) is 1.36. The van der Waals surface area contributed by atoms with Crippen LogP contribution in [0, 0.1) is 12.7 Å². The van der Waals surface area contributed by atoms with Crippen molar-refractivity contribution < 1.29 is 9.13 Å². The highest BCUT2D eigenvalue weighted by Gasteiger charge is 2.08. The van der Waals surface area contributed by atoms with Gasteiger partial charge in [-0.05, 0) is 18.6 Å². The summed E-state index contributed by atoms with van der Waals surface area (Å²) in [6.45, 7) is 3.59. The predicted molar refractivity (Wildman–Crippen MR) is 42.4 cm³/mol. The van der Waals surface area contributed by atoms with Crippen molar-refractivity contribution in [1.29, 1.82) is 0 Å². The predicted octanol–water partition coefficient (Wildman–Crippen LogP) is 2.67. The lowest BCUT2D eigenvalue weighted by Crippen LogP contribution is -1.90. The maximum absolute atomic E-state index is 12.8. The Labute approximate surface area is 69.7 Å². The summed E-state index contributed by atoms with van der Waals surface area (Å²) in [5.41, 5.74) is 0.560. The second-order valence-corrected chi connectivity index (χ2v) is 2.43. The van der Waals surface area contributed by atoms with E-state index in [0.717, 1.165) is 0 Å². The van der Waals surface area contributed by atoms with E-state index in [-0.39, 0.29) is 10.8 Å². The van der Waals surface area contributed by atoms with E-state index in [9.17, 15) is 4.39 Å². The molecule has 0 amide bonds. The lowest BCUT2D eigenvalue weighted by molar-refractivity contribution is 0.386. The second kappa shape index (κ2) is 3.09. The lowest BCUT2D eigenvalue weighted by atomic mass is 10.2. The molecule has 1 aromatic carbocycles. The molecule has 0 saturated carbocycles. The Hall–Kier alpha value is -0.760. The van der Waals surface area contributed by atoms with E-state index in [1.165, 1.54) is 19.2 Å². The van der Waals surface area contributed by atoms with Gasteiger partial charge in [-0.25, -0.2) is 4.39 Å². The van der Waals surface area contributed by atoms with Gasteiger partial charge in [0.1, 0.15) is 0 Å². The first-order valence-electron chi connectivity index (χ1n) is 3.00. The van der Waals surface area contributed by atoms with Gasteiger partial charge in [0.2, 0.25) is 0 Å². The first-order chi connectivity index (χ1) is 5.16. The molecule has 59 valence electrons. The summed E-state index contributed by atoms with van der Waals surface area (Å²) in [5.74, 6) is -0.413. The van der Waals surface area contributed by atoms with Gasteiger partial charge in [0.25, 0.3) is 0 Å². The minimum Gasteiger partial charge on any atom is -0.492 e. The van der Waals surface area contributed by atoms with E-state index in [4.69, 9.17) is 16.3 Å². The minimum absolute atomic E-state index is 0.0548. The molecule has 0 aliphatic rings. The van der Waals surface area contributed by atoms with E-state index in [1.54, 1.807) is 0 Å². The van der Waals surface area contributed by atoms with Gasteiger partial charge in [-0.15, -0.1) is 0 Å². The molecule has 0 saturated heterocycles. The Morgan fingerprint density at radius 1 is 1.55 bits per heavy atom. The molecule has 0 bridgehead atoms. The van der Waals surface area contributed by atoms with E-state index < -0.39 is 5.82 Å². The van der Waals surface area contributed by atoms with Crippen molar-refractivity contribution in [2.24, 2.45) is 0 Å². The Bertz CT molecular complexity index is 273. The fraction of sp³-hybridized carbons (Fsp3) is 0.125. The normalized spacial score (nSPS) is 9.82. The Morgan fingerprint density at radius 3 is 2.64 bits per heavy atom. The summed E-state index contributed by atoms with van der Waals surface area (Å²) in [5, 5.41) is 0.229. The highest BCUT2D eigenvalue weighted by atomic mass is 35.5. The van der Waals surface area contributed by atoms with Gasteiger partial charge in [0, 0.05) is 0 Å². The molecular formula is C8H7ClFO. The van der Waals surface area contributed by atoms with Crippen LogP contribution in [0.25, 0.3) is 0 Å². The van der Waals surface area contributed by atoms with Gasteiger partial charge >= 0.3 is 0 Å². The first-order valence-corrected chi connectivity index (χ1v) is 3.38. The molecule has 0 heterocycles. The van der Waals surface area contributed by atoms with Crippen LogP contribution in [0.5, 0.6) is 5.75 Å². The Balaban J connectivity index is 3.29. The SMILES string of the molecule is [CH2]c1ccc(F)c(OC)c1Cl. The fourth-order valence-electron chi connectivity index (χ4n) is 0.760. The Morgan fingerprint density at radius 2 is 2.18 bits per heavy atom. The smallest absolute Gasteiger partial charge is 0.173 e. The molecule has 0 aliphatic heterocycles. The summed E-state index contributed by atoms with van der Waals surface area (Å²) in [6.07, 6.45) is 0. The van der Waals surface area contributed by atoms with Crippen molar-refractivity contribution in [3.63, 3.8) is 0 Å². The molecule has 0 aromatic heterocycles. The van der Waals surface area contributed by atoms with Crippen molar-refractivity contribution in [3.8, 4) is 5.75 Å². The monoisotopic (exact) mass is 173 g/mol. The number of rotatable bonds is 1. The fourth-order valence-corrected chi connectivity index (χ4v) is 0.991. The quantitative estimate of drug-likeness (QED) is 0.635. The standard InChI is InChI=1S/C8H7ClFO/c1-5-3-4-6(10)8(11-2)7(5)9/h3-4H,1H2,2H3. The molecule has 0 aliphatic carbocycles. The van der Waals surface area contributed by atoms with E-state index >= 15 is 0 Å². The lowest BCUT2D eigenvalue weighted by Gasteiger charge is -2.05. The molecule has 0 atom stereocenters. The van der Waals surface area contributed by atoms with Crippen LogP contribution in [0.15, 0.2) is 12.1 Å². The van der Waals surface area contributed by atoms with Gasteiger partial charge in [0.05, 0.1) is 12.1 Å². The van der Waals surface area contributed by atoms with Crippen molar-refractivity contribution >= 4 is 11.6 Å². The van der Waals surface area contributed by atoms with Crippen molar-refractivity contribution in [2.75, 3.05) is 7.11 Å². The summed E-state index contributed by atoms with van der Waals surface area (Å²) >= 11 is 5.67. The van der Waals surface area contributed by atoms with Crippen LogP contribution in [-0.4, -0.2) is 7.11 Å². The number of halogens is 2. The Kier molecular flexibility index (Phi) is 2.35. The van der Waals surface area contributed by atoms with Crippen LogP contribution in [0.4, 0.5) is 4.39 Å². The van der Waals surface area contributed by atoms with E-state index in [2.05, 4.69) is 6.92 Å². The average Bonchev–Trinajstić information content (AvgIpc) is 1.99. The van der Waals surface area contributed by atoms with Crippen molar-refractivity contribution in [1.82, 2.24) is 0 Å². The number of hydrogen-bond donors (Lipinski definition) is 0. The van der Waals surface area contributed by atoms with E-state index in [0.29, 0.717) is 5.56 Å². The molecule has 1 rings (SSSR count). The summed E-state index contributed by atoms with van der Waals surface area (Å²) in [4.78, 5) is 0. The number of benzene rings is 1. The highest BCUT2D eigenvalue weighted by Crippen LogP contribution is 2.29. The van der Waals surface area contributed by atoms with Crippen LogP contribution in [0.3, 0.4) is 0 Å². The second-order valence-electron chi connectivity index (χ2n) is 2.05. The zero-order valence-corrected chi connectivity index (χ0v) is 6.78. The summed E-state index contributed by atoms with van der Waals surface area (Å²) < 4.78 is 17.5. The molecule has 0 unspecified atom stereocenters. The number of hydrogen-bond acceptors (Lipinski definition) is 1. The third-order valence-corrected chi connectivity index (χ3v) is 1.75. The van der Waals surface area contributed by atoms with Crippen LogP contribution in [0.1, 0.15) is 5.56 Å². The molecule has 0 fully saturated rings. The van der Waals surface area contributed by atoms with Gasteiger partial charge in [-0.3, -0.25) is 0 Å². The molecule has 1 aromatic rings. The van der Waals surface area contributed by atoms with Crippen LogP contribution in [-0.2, 0) is 0 Å². The average molecular weight is 174 g/mol. The van der Waals surface area contributed by atoms with Crippen molar-refractivity contribution in [2.45, 2.75) is 0 Å². The topological polar surface area (TPSA) is 9.23 Å². The number of ether oxygens (including phenoxy) is 1. The van der Waals surface area contributed by atoms with Crippen LogP contribution < -0.4 is 4.74 Å². The third-order valence-electron chi connectivity index (χ3n) is 1.33. The summed E-state index contributed by atoms with van der Waals surface area (Å²) in [6, 6.07) is 2.77. The zero-order chi connectivity index (χ0) is 8.43. The molecule has 1 nitrogen and oxygen atoms in total. The molecule has 0 spiro atoms. The third kappa shape index (κ3) is 1.46. The molecule has 11 heavy (non-hydrogen) atoms.